The lowest BCUT2D eigenvalue weighted by atomic mass is 9.94. The van der Waals surface area contributed by atoms with Crippen molar-refractivity contribution in [3.05, 3.63) is 86.8 Å². The lowest BCUT2D eigenvalue weighted by molar-refractivity contribution is -0.143. The molecular formula is C21H19F6N4O-. The van der Waals surface area contributed by atoms with Gasteiger partial charge in [0, 0.05) is 18.2 Å². The Bertz CT molecular complexity index is 921. The minimum Gasteiger partial charge on any atom is -0.373 e. The number of likely N-dealkylation sites (tertiary alicyclic amines) is 1. The van der Waals surface area contributed by atoms with E-state index in [1.807, 2.05) is 30.3 Å². The van der Waals surface area contributed by atoms with Gasteiger partial charge in [-0.3, -0.25) is 9.71 Å². The van der Waals surface area contributed by atoms with E-state index in [1.165, 1.54) is 9.81 Å². The zero-order valence-electron chi connectivity index (χ0n) is 16.7. The molecule has 3 rings (SSSR count). The Morgan fingerprint density at radius 3 is 1.97 bits per heavy atom. The Labute approximate surface area is 180 Å². The molecule has 32 heavy (non-hydrogen) atoms. The summed E-state index contributed by atoms with van der Waals surface area (Å²) in [6, 6.07) is 10.1. The van der Waals surface area contributed by atoms with Gasteiger partial charge in [-0.25, -0.2) is 0 Å². The van der Waals surface area contributed by atoms with Crippen LogP contribution in [0.1, 0.15) is 46.3 Å². The number of benzene rings is 2. The third kappa shape index (κ3) is 6.65. The largest absolute Gasteiger partial charge is 0.416 e. The molecule has 1 atom stereocenters. The van der Waals surface area contributed by atoms with Gasteiger partial charge >= 0.3 is 12.4 Å². The van der Waals surface area contributed by atoms with Gasteiger partial charge in [-0.05, 0) is 49.4 Å². The van der Waals surface area contributed by atoms with Gasteiger partial charge in [0.1, 0.15) is 0 Å². The topological polar surface area (TPSA) is 79.0 Å². The number of halogens is 6. The molecule has 1 fully saturated rings. The van der Waals surface area contributed by atoms with Crippen LogP contribution in [-0.2, 0) is 18.8 Å². The van der Waals surface area contributed by atoms with Crippen LogP contribution in [0, 0.1) is 0 Å². The summed E-state index contributed by atoms with van der Waals surface area (Å²) in [5, 5.41) is 0. The van der Waals surface area contributed by atoms with Gasteiger partial charge in [0.05, 0.1) is 11.1 Å². The number of nitrogens with zero attached hydrogens (tertiary/aromatic N) is 4. The van der Waals surface area contributed by atoms with Crippen molar-refractivity contribution >= 4 is 5.91 Å². The molecule has 0 bridgehead atoms. The van der Waals surface area contributed by atoms with Crippen molar-refractivity contribution < 1.29 is 31.1 Å². The van der Waals surface area contributed by atoms with E-state index in [4.69, 9.17) is 11.1 Å². The van der Waals surface area contributed by atoms with Crippen LogP contribution in [0.5, 0.6) is 0 Å². The molecular weight excluding hydrogens is 438 g/mol. The average Bonchev–Trinajstić information content (AvgIpc) is 2.73. The van der Waals surface area contributed by atoms with Crippen LogP contribution in [-0.4, -0.2) is 23.4 Å². The molecule has 5 nitrogen and oxygen atoms in total. The number of carbonyl (C=O) groups is 1. The Hall–Kier alpha value is -3.20. The van der Waals surface area contributed by atoms with Crippen molar-refractivity contribution in [2.45, 2.75) is 44.1 Å². The molecule has 0 radical (unpaired) electrons. The van der Waals surface area contributed by atoms with E-state index in [2.05, 4.69) is 0 Å². The van der Waals surface area contributed by atoms with Crippen molar-refractivity contribution in [1.29, 1.82) is 0 Å². The number of amides is 1. The maximum atomic E-state index is 13.1. The third-order valence-corrected chi connectivity index (χ3v) is 5.04. The number of piperidine rings is 1. The number of hydrogen-bond donors (Lipinski definition) is 0. The van der Waals surface area contributed by atoms with Crippen LogP contribution in [0.4, 0.5) is 26.3 Å². The molecule has 1 unspecified atom stereocenters. The maximum absolute atomic E-state index is 13.1. The first-order chi connectivity index (χ1) is 15.0. The second-order valence-electron chi connectivity index (χ2n) is 7.22. The minimum absolute atomic E-state index is 0.0361. The first-order valence-electron chi connectivity index (χ1n) is 9.60. The highest BCUT2D eigenvalue weighted by Crippen LogP contribution is 2.37. The molecule has 0 saturated carbocycles. The number of hydrogen-bond acceptors (Lipinski definition) is 1. The summed E-state index contributed by atoms with van der Waals surface area (Å²) >= 11 is 0. The Morgan fingerprint density at radius 2 is 1.47 bits per heavy atom. The van der Waals surface area contributed by atoms with Gasteiger partial charge in [0.2, 0.25) is 0 Å². The molecule has 1 saturated heterocycles. The predicted octanol–water partition coefficient (Wildman–Crippen LogP) is 6.83. The zero-order chi connectivity index (χ0) is 23.9. The summed E-state index contributed by atoms with van der Waals surface area (Å²) in [6.45, 7) is 0.300. The molecule has 1 aliphatic rings. The molecule has 1 amide bonds. The number of rotatable bonds is 3. The zero-order valence-corrected chi connectivity index (χ0v) is 16.7. The minimum atomic E-state index is -4.98. The second-order valence-corrected chi connectivity index (χ2v) is 7.22. The summed E-state index contributed by atoms with van der Waals surface area (Å²) in [5.41, 5.74) is 10.9. The molecule has 0 N–H and O–H groups in total. The second kappa shape index (κ2) is 10.4. The van der Waals surface area contributed by atoms with Gasteiger partial charge in [0.15, 0.2) is 0 Å². The van der Waals surface area contributed by atoms with Gasteiger partial charge in [0.25, 0.3) is 5.91 Å². The van der Waals surface area contributed by atoms with Crippen LogP contribution in [0.3, 0.4) is 0 Å². The first-order valence-corrected chi connectivity index (χ1v) is 9.60. The lowest BCUT2D eigenvalue weighted by Gasteiger charge is -2.36. The van der Waals surface area contributed by atoms with E-state index in [0.717, 1.165) is 12.0 Å². The molecule has 11 heteroatoms. The molecule has 0 aromatic heterocycles. The van der Waals surface area contributed by atoms with E-state index < -0.39 is 35.0 Å². The van der Waals surface area contributed by atoms with E-state index in [1.54, 1.807) is 0 Å². The van der Waals surface area contributed by atoms with Crippen molar-refractivity contribution in [2.24, 2.45) is 0 Å². The van der Waals surface area contributed by atoms with Crippen molar-refractivity contribution in [2.75, 3.05) is 6.54 Å². The van der Waals surface area contributed by atoms with Crippen LogP contribution < -0.4 is 0 Å². The van der Waals surface area contributed by atoms with Crippen LogP contribution in [0.25, 0.3) is 16.0 Å². The van der Waals surface area contributed by atoms with Crippen LogP contribution >= 0.6 is 0 Å². The van der Waals surface area contributed by atoms with Crippen LogP contribution in [0.2, 0.25) is 0 Å². The first kappa shape index (κ1) is 25.1. The summed E-state index contributed by atoms with van der Waals surface area (Å²) in [6.07, 6.45) is -7.33. The number of carbonyl (C=O) groups excluding carboxylic acids is 1. The Morgan fingerprint density at radius 1 is 0.938 bits per heavy atom. The highest BCUT2D eigenvalue weighted by atomic mass is 19.4. The standard InChI is InChI=1S/C21H19F6NO.N3/c22-20(23,24)16-11-15(12-17(13-16)21(25,26)27)19(29)28-9-5-4-8-18(28)10-14-6-2-1-3-7-14;1-3-2/h1-3,6-7,11-13,18H,4-5,8-10H2;/q;-1. The summed E-state index contributed by atoms with van der Waals surface area (Å²) < 4.78 is 78.7. The maximum Gasteiger partial charge on any atom is 0.416 e. The normalized spacial score (nSPS) is 16.6. The fraction of sp³-hybridized carbons (Fsp3) is 0.381. The molecule has 172 valence electrons. The van der Waals surface area contributed by atoms with Crippen molar-refractivity contribution in [3.8, 4) is 0 Å². The lowest BCUT2D eigenvalue weighted by Crippen LogP contribution is -2.45. The summed E-state index contributed by atoms with van der Waals surface area (Å²) in [7, 11) is 0. The average molecular weight is 457 g/mol. The Balaban J connectivity index is 0.00000114. The SMILES string of the molecule is O=C(c1cc(C(F)(F)F)cc(C(F)(F)F)c1)N1CCCCC1Cc1ccccc1.[N-]=[N+]=[N-]. The highest BCUT2D eigenvalue weighted by Gasteiger charge is 2.38. The highest BCUT2D eigenvalue weighted by molar-refractivity contribution is 5.95. The quantitative estimate of drug-likeness (QED) is 0.215. The molecule has 0 aliphatic carbocycles. The number of alkyl halides is 6. The monoisotopic (exact) mass is 457 g/mol. The molecule has 2 aromatic carbocycles. The van der Waals surface area contributed by atoms with Gasteiger partial charge in [-0.2, -0.15) is 26.3 Å². The van der Waals surface area contributed by atoms with Gasteiger partial charge in [-0.15, -0.1) is 0 Å². The molecule has 2 aromatic rings. The fourth-order valence-corrected chi connectivity index (χ4v) is 3.61. The molecule has 0 spiro atoms. The van der Waals surface area contributed by atoms with Gasteiger partial charge in [-0.1, -0.05) is 30.3 Å². The fourth-order valence-electron chi connectivity index (χ4n) is 3.61. The van der Waals surface area contributed by atoms with E-state index in [0.29, 0.717) is 37.9 Å². The van der Waals surface area contributed by atoms with Crippen molar-refractivity contribution in [1.82, 2.24) is 4.90 Å². The van der Waals surface area contributed by atoms with E-state index >= 15 is 0 Å². The molecule has 1 aliphatic heterocycles. The predicted molar refractivity (Wildman–Crippen MR) is 105 cm³/mol. The third-order valence-electron chi connectivity index (χ3n) is 5.04. The summed E-state index contributed by atoms with van der Waals surface area (Å²) in [5.74, 6) is -0.803. The van der Waals surface area contributed by atoms with Crippen molar-refractivity contribution in [3.63, 3.8) is 0 Å². The van der Waals surface area contributed by atoms with E-state index in [-0.39, 0.29) is 12.1 Å². The summed E-state index contributed by atoms with van der Waals surface area (Å²) in [4.78, 5) is 15.9. The van der Waals surface area contributed by atoms with Gasteiger partial charge < -0.3 is 16.0 Å². The smallest absolute Gasteiger partial charge is 0.373 e. The Kier molecular flexibility index (Phi) is 8.15. The van der Waals surface area contributed by atoms with Crippen LogP contribution in [0.15, 0.2) is 48.5 Å². The van der Waals surface area contributed by atoms with E-state index in [9.17, 15) is 31.1 Å². The molecule has 1 heterocycles.